The molecular weight excluding hydrogens is 266 g/mol. The molecule has 0 saturated carbocycles. The van der Waals surface area contributed by atoms with Crippen LogP contribution >= 0.6 is 0 Å². The minimum atomic E-state index is 1.01. The molecule has 0 N–H and O–H groups in total. The van der Waals surface area contributed by atoms with Gasteiger partial charge in [-0.3, -0.25) is 0 Å². The van der Waals surface area contributed by atoms with Crippen LogP contribution in [0.5, 0.6) is 0 Å². The van der Waals surface area contributed by atoms with Crippen molar-refractivity contribution in [3.8, 4) is 0 Å². The molecule has 1 nitrogen and oxygen atoms in total. The average molecular weight is 295 g/mol. The Hall–Kier alpha value is -1.76. The molecule has 1 aliphatic heterocycles. The molecule has 0 amide bonds. The summed E-state index contributed by atoms with van der Waals surface area (Å²) >= 11 is 0. The largest absolute Gasteiger partial charge is 0.371 e. The number of rotatable bonds is 5. The molecule has 0 spiro atoms. The number of anilines is 1. The summed E-state index contributed by atoms with van der Waals surface area (Å²) in [7, 11) is 0. The lowest BCUT2D eigenvalue weighted by molar-refractivity contribution is 0.617. The first-order valence-electron chi connectivity index (χ1n) is 8.23. The Morgan fingerprint density at radius 2 is 1.86 bits per heavy atom. The summed E-state index contributed by atoms with van der Waals surface area (Å²) in [5, 5.41) is 0. The van der Waals surface area contributed by atoms with Crippen molar-refractivity contribution in [1.29, 1.82) is 0 Å². The monoisotopic (exact) mass is 295 g/mol. The van der Waals surface area contributed by atoms with Gasteiger partial charge in [0.15, 0.2) is 0 Å². The molecule has 0 radical (unpaired) electrons. The SMILES string of the molecule is C=C(C=C(C)C)/C(C)=C(/C)Cc1cc(N2CCC2)ccc1C. The van der Waals surface area contributed by atoms with Crippen molar-refractivity contribution in [2.24, 2.45) is 0 Å². The van der Waals surface area contributed by atoms with E-state index in [0.29, 0.717) is 0 Å². The fraction of sp³-hybridized carbons (Fsp3) is 0.429. The van der Waals surface area contributed by atoms with Crippen molar-refractivity contribution in [1.82, 2.24) is 0 Å². The molecule has 1 aliphatic rings. The van der Waals surface area contributed by atoms with Gasteiger partial charge in [-0.2, -0.15) is 0 Å². The number of allylic oxidation sites excluding steroid dienone is 5. The number of benzene rings is 1. The van der Waals surface area contributed by atoms with Crippen LogP contribution in [0.3, 0.4) is 0 Å². The van der Waals surface area contributed by atoms with E-state index in [2.05, 4.69) is 70.4 Å². The van der Waals surface area contributed by atoms with Gasteiger partial charge in [-0.05, 0) is 81.9 Å². The predicted octanol–water partition coefficient (Wildman–Crippen LogP) is 5.61. The third-order valence-corrected chi connectivity index (χ3v) is 4.59. The van der Waals surface area contributed by atoms with E-state index in [1.54, 1.807) is 0 Å². The molecule has 1 heterocycles. The van der Waals surface area contributed by atoms with Crippen LogP contribution < -0.4 is 4.90 Å². The average Bonchev–Trinajstić information content (AvgIpc) is 2.38. The van der Waals surface area contributed by atoms with Gasteiger partial charge in [0.25, 0.3) is 0 Å². The lowest BCUT2D eigenvalue weighted by Crippen LogP contribution is -2.37. The third kappa shape index (κ3) is 3.91. The molecule has 0 aliphatic carbocycles. The summed E-state index contributed by atoms with van der Waals surface area (Å²) in [5.41, 5.74) is 9.35. The Morgan fingerprint density at radius 1 is 1.18 bits per heavy atom. The van der Waals surface area contributed by atoms with E-state index in [1.165, 1.54) is 53.0 Å². The maximum absolute atomic E-state index is 4.21. The Bertz CT molecular complexity index is 623. The number of hydrogen-bond donors (Lipinski definition) is 0. The maximum atomic E-state index is 4.21. The van der Waals surface area contributed by atoms with Crippen molar-refractivity contribution >= 4 is 5.69 Å². The van der Waals surface area contributed by atoms with Crippen molar-refractivity contribution < 1.29 is 0 Å². The summed E-state index contributed by atoms with van der Waals surface area (Å²) < 4.78 is 0. The zero-order valence-corrected chi connectivity index (χ0v) is 14.8. The fourth-order valence-electron chi connectivity index (χ4n) is 2.77. The molecule has 0 atom stereocenters. The van der Waals surface area contributed by atoms with Crippen LogP contribution in [-0.4, -0.2) is 13.1 Å². The Balaban J connectivity index is 2.21. The first-order chi connectivity index (χ1) is 10.4. The number of nitrogens with zero attached hydrogens (tertiary/aromatic N) is 1. The van der Waals surface area contributed by atoms with E-state index >= 15 is 0 Å². The summed E-state index contributed by atoms with van der Waals surface area (Å²) in [6.45, 7) is 17.5. The quantitative estimate of drug-likeness (QED) is 0.638. The maximum Gasteiger partial charge on any atom is 0.0369 e. The zero-order valence-electron chi connectivity index (χ0n) is 14.8. The molecule has 1 aromatic carbocycles. The summed E-state index contributed by atoms with van der Waals surface area (Å²) in [6.07, 6.45) is 4.50. The topological polar surface area (TPSA) is 3.24 Å². The minimum absolute atomic E-state index is 1.01. The highest BCUT2D eigenvalue weighted by Gasteiger charge is 2.15. The van der Waals surface area contributed by atoms with Crippen LogP contribution in [0.2, 0.25) is 0 Å². The molecule has 0 bridgehead atoms. The third-order valence-electron chi connectivity index (χ3n) is 4.59. The van der Waals surface area contributed by atoms with Crippen molar-refractivity contribution in [2.75, 3.05) is 18.0 Å². The van der Waals surface area contributed by atoms with Crippen LogP contribution in [0.15, 0.2) is 53.1 Å². The van der Waals surface area contributed by atoms with Gasteiger partial charge in [-0.25, -0.2) is 0 Å². The second-order valence-corrected chi connectivity index (χ2v) is 6.78. The Labute approximate surface area is 136 Å². The fourth-order valence-corrected chi connectivity index (χ4v) is 2.77. The van der Waals surface area contributed by atoms with Crippen LogP contribution in [0, 0.1) is 6.92 Å². The van der Waals surface area contributed by atoms with Crippen molar-refractivity contribution in [3.63, 3.8) is 0 Å². The second kappa shape index (κ2) is 7.00. The van der Waals surface area contributed by atoms with Gasteiger partial charge in [-0.15, -0.1) is 0 Å². The standard InChI is InChI=1S/C21H29N/c1-15(2)12-17(4)19(6)18(5)13-20-14-21(9-8-16(20)3)22-10-7-11-22/h8-9,12,14H,4,7,10-11,13H2,1-3,5-6H3/b19-18-. The van der Waals surface area contributed by atoms with E-state index in [-0.39, 0.29) is 0 Å². The highest BCUT2D eigenvalue weighted by Crippen LogP contribution is 2.26. The highest BCUT2D eigenvalue weighted by molar-refractivity contribution is 5.53. The van der Waals surface area contributed by atoms with Crippen LogP contribution in [-0.2, 0) is 6.42 Å². The summed E-state index contributed by atoms with van der Waals surface area (Å²) in [6, 6.07) is 6.89. The van der Waals surface area contributed by atoms with Gasteiger partial charge >= 0.3 is 0 Å². The van der Waals surface area contributed by atoms with Gasteiger partial charge < -0.3 is 4.90 Å². The minimum Gasteiger partial charge on any atom is -0.371 e. The van der Waals surface area contributed by atoms with Crippen molar-refractivity contribution in [2.45, 2.75) is 47.5 Å². The predicted molar refractivity (Wildman–Crippen MR) is 98.7 cm³/mol. The first-order valence-corrected chi connectivity index (χ1v) is 8.23. The van der Waals surface area contributed by atoms with E-state index in [9.17, 15) is 0 Å². The molecule has 118 valence electrons. The smallest absolute Gasteiger partial charge is 0.0369 e. The van der Waals surface area contributed by atoms with E-state index in [0.717, 1.165) is 12.0 Å². The molecule has 0 aromatic heterocycles. The van der Waals surface area contributed by atoms with Gasteiger partial charge in [0.2, 0.25) is 0 Å². The van der Waals surface area contributed by atoms with E-state index in [4.69, 9.17) is 0 Å². The number of hydrogen-bond acceptors (Lipinski definition) is 1. The molecule has 22 heavy (non-hydrogen) atoms. The summed E-state index contributed by atoms with van der Waals surface area (Å²) in [4.78, 5) is 2.46. The number of aryl methyl sites for hydroxylation is 1. The molecule has 0 unspecified atom stereocenters. The van der Waals surface area contributed by atoms with Gasteiger partial charge in [0, 0.05) is 18.8 Å². The van der Waals surface area contributed by atoms with Gasteiger partial charge in [-0.1, -0.05) is 29.9 Å². The molecule has 1 heteroatoms. The first kappa shape index (κ1) is 16.6. The lowest BCUT2D eigenvalue weighted by Gasteiger charge is -2.33. The van der Waals surface area contributed by atoms with Gasteiger partial charge in [0.05, 0.1) is 0 Å². The van der Waals surface area contributed by atoms with Crippen LogP contribution in [0.25, 0.3) is 0 Å². The normalized spacial score (nSPS) is 15.0. The molecule has 2 rings (SSSR count). The Morgan fingerprint density at radius 3 is 2.41 bits per heavy atom. The highest BCUT2D eigenvalue weighted by atomic mass is 15.2. The molecule has 1 fully saturated rings. The molecule has 1 aromatic rings. The zero-order chi connectivity index (χ0) is 16.3. The summed E-state index contributed by atoms with van der Waals surface area (Å²) in [5.74, 6) is 0. The molecular formula is C21H29N. The van der Waals surface area contributed by atoms with E-state index < -0.39 is 0 Å². The van der Waals surface area contributed by atoms with E-state index in [1.807, 2.05) is 0 Å². The molecule has 1 saturated heterocycles. The Kier molecular flexibility index (Phi) is 5.28. The van der Waals surface area contributed by atoms with Crippen molar-refractivity contribution in [3.05, 3.63) is 64.3 Å². The second-order valence-electron chi connectivity index (χ2n) is 6.78. The lowest BCUT2D eigenvalue weighted by atomic mass is 9.94. The van der Waals surface area contributed by atoms with Gasteiger partial charge in [0.1, 0.15) is 0 Å². The van der Waals surface area contributed by atoms with Crippen LogP contribution in [0.1, 0.15) is 45.2 Å². The van der Waals surface area contributed by atoms with Crippen LogP contribution in [0.4, 0.5) is 5.69 Å².